The highest BCUT2D eigenvalue weighted by atomic mass is 16.5. The Kier molecular flexibility index (Phi) is 5.67. The average Bonchev–Trinajstić information content (AvgIpc) is 2.34. The zero-order valence-corrected chi connectivity index (χ0v) is 10.2. The third-order valence-corrected chi connectivity index (χ3v) is 2.35. The predicted octanol–water partition coefficient (Wildman–Crippen LogP) is 0.414. The van der Waals surface area contributed by atoms with Gasteiger partial charge >= 0.3 is 0 Å². The Bertz CT molecular complexity index is 315. The first-order valence-corrected chi connectivity index (χ1v) is 5.33. The van der Waals surface area contributed by atoms with Crippen molar-refractivity contribution in [1.82, 2.24) is 0 Å². The van der Waals surface area contributed by atoms with E-state index in [1.54, 1.807) is 21.3 Å². The second kappa shape index (κ2) is 7.09. The minimum absolute atomic E-state index is 0.767. The maximum atomic E-state index is 5.24. The van der Waals surface area contributed by atoms with Gasteiger partial charge in [0.2, 0.25) is 0 Å². The van der Waals surface area contributed by atoms with E-state index in [1.165, 1.54) is 5.56 Å². The summed E-state index contributed by atoms with van der Waals surface area (Å²) in [4.78, 5) is 0. The van der Waals surface area contributed by atoms with E-state index in [9.17, 15) is 0 Å². The average molecular weight is 226 g/mol. The molecule has 0 aliphatic rings. The Morgan fingerprint density at radius 2 is 1.81 bits per heavy atom. The van der Waals surface area contributed by atoms with Crippen molar-refractivity contribution in [3.8, 4) is 11.5 Å². The van der Waals surface area contributed by atoms with E-state index in [0.29, 0.717) is 0 Å². The molecule has 0 unspecified atom stereocenters. The molecule has 90 valence electrons. The summed E-state index contributed by atoms with van der Waals surface area (Å²) in [5.41, 5.74) is 1.22. The first-order chi connectivity index (χ1) is 7.81. The van der Waals surface area contributed by atoms with Gasteiger partial charge < -0.3 is 19.5 Å². The fourth-order valence-corrected chi connectivity index (χ4v) is 1.48. The second-order valence-corrected chi connectivity index (χ2v) is 3.46. The first-order valence-electron chi connectivity index (χ1n) is 5.33. The molecule has 1 aromatic carbocycles. The predicted molar refractivity (Wildman–Crippen MR) is 61.9 cm³/mol. The van der Waals surface area contributed by atoms with Crippen LogP contribution in [0.3, 0.4) is 0 Å². The van der Waals surface area contributed by atoms with Gasteiger partial charge in [0.1, 0.15) is 6.54 Å². The van der Waals surface area contributed by atoms with Gasteiger partial charge in [0.25, 0.3) is 0 Å². The highest BCUT2D eigenvalue weighted by Crippen LogP contribution is 2.27. The van der Waals surface area contributed by atoms with Gasteiger partial charge in [-0.25, -0.2) is 0 Å². The molecule has 1 rings (SSSR count). The van der Waals surface area contributed by atoms with Gasteiger partial charge in [0, 0.05) is 12.7 Å². The quantitative estimate of drug-likeness (QED) is 0.685. The molecule has 0 aliphatic carbocycles. The van der Waals surface area contributed by atoms with Crippen molar-refractivity contribution >= 4 is 0 Å². The van der Waals surface area contributed by atoms with E-state index < -0.39 is 0 Å². The van der Waals surface area contributed by atoms with Crippen molar-refractivity contribution in [3.05, 3.63) is 23.8 Å². The van der Waals surface area contributed by atoms with E-state index in [-0.39, 0.29) is 0 Å². The van der Waals surface area contributed by atoms with Crippen molar-refractivity contribution < 1.29 is 19.5 Å². The lowest BCUT2D eigenvalue weighted by Gasteiger charge is -2.08. The molecule has 1 aromatic rings. The van der Waals surface area contributed by atoms with E-state index in [2.05, 4.69) is 5.32 Å². The SMILES string of the molecule is COCC[NH2+]Cc1ccc(OC)c(OC)c1. The van der Waals surface area contributed by atoms with Crippen LogP contribution in [0.4, 0.5) is 0 Å². The summed E-state index contributed by atoms with van der Waals surface area (Å²) < 4.78 is 15.4. The van der Waals surface area contributed by atoms with E-state index in [4.69, 9.17) is 14.2 Å². The molecule has 0 saturated heterocycles. The Labute approximate surface area is 96.5 Å². The minimum atomic E-state index is 0.767. The number of quaternary nitrogens is 1. The molecule has 0 spiro atoms. The fraction of sp³-hybridized carbons (Fsp3) is 0.500. The summed E-state index contributed by atoms with van der Waals surface area (Å²) in [7, 11) is 5.00. The number of methoxy groups -OCH3 is 3. The lowest BCUT2D eigenvalue weighted by atomic mass is 10.2. The molecular formula is C12H20NO3+. The van der Waals surface area contributed by atoms with Crippen LogP contribution in [0.15, 0.2) is 18.2 Å². The molecule has 4 nitrogen and oxygen atoms in total. The van der Waals surface area contributed by atoms with Crippen molar-refractivity contribution in [1.29, 1.82) is 0 Å². The van der Waals surface area contributed by atoms with Crippen molar-refractivity contribution in [2.75, 3.05) is 34.5 Å². The Morgan fingerprint density at radius 1 is 1.06 bits per heavy atom. The van der Waals surface area contributed by atoms with Crippen molar-refractivity contribution in [2.45, 2.75) is 6.54 Å². The molecule has 0 fully saturated rings. The van der Waals surface area contributed by atoms with E-state index in [0.717, 1.165) is 31.2 Å². The first kappa shape index (κ1) is 12.8. The van der Waals surface area contributed by atoms with Gasteiger partial charge in [0.15, 0.2) is 11.5 Å². The molecule has 0 saturated carbocycles. The molecular weight excluding hydrogens is 206 g/mol. The molecule has 16 heavy (non-hydrogen) atoms. The monoisotopic (exact) mass is 226 g/mol. The zero-order chi connectivity index (χ0) is 11.8. The molecule has 0 amide bonds. The number of hydrogen-bond acceptors (Lipinski definition) is 3. The summed E-state index contributed by atoms with van der Waals surface area (Å²) in [5.74, 6) is 1.54. The van der Waals surface area contributed by atoms with Gasteiger partial charge in [-0.3, -0.25) is 0 Å². The number of rotatable bonds is 7. The summed E-state index contributed by atoms with van der Waals surface area (Å²) in [6.07, 6.45) is 0. The molecule has 4 heteroatoms. The lowest BCUT2D eigenvalue weighted by Crippen LogP contribution is -2.83. The van der Waals surface area contributed by atoms with Gasteiger partial charge in [0.05, 0.1) is 27.4 Å². The van der Waals surface area contributed by atoms with Crippen molar-refractivity contribution in [3.63, 3.8) is 0 Å². The molecule has 0 bridgehead atoms. The summed E-state index contributed by atoms with van der Waals surface area (Å²) in [5, 5.41) is 2.20. The number of ether oxygens (including phenoxy) is 3. The lowest BCUT2D eigenvalue weighted by molar-refractivity contribution is -0.671. The van der Waals surface area contributed by atoms with Crippen LogP contribution >= 0.6 is 0 Å². The Morgan fingerprint density at radius 3 is 2.44 bits per heavy atom. The molecule has 0 aliphatic heterocycles. The summed E-state index contributed by atoms with van der Waals surface area (Å²) >= 11 is 0. The van der Waals surface area contributed by atoms with Crippen LogP contribution in [-0.2, 0) is 11.3 Å². The maximum absolute atomic E-state index is 5.24. The maximum Gasteiger partial charge on any atom is 0.161 e. The van der Waals surface area contributed by atoms with Gasteiger partial charge in [-0.15, -0.1) is 0 Å². The number of nitrogens with two attached hydrogens (primary N) is 1. The third-order valence-electron chi connectivity index (χ3n) is 2.35. The zero-order valence-electron chi connectivity index (χ0n) is 10.2. The van der Waals surface area contributed by atoms with Crippen LogP contribution in [0.2, 0.25) is 0 Å². The summed E-state index contributed by atoms with van der Waals surface area (Å²) in [6, 6.07) is 5.98. The van der Waals surface area contributed by atoms with Crippen LogP contribution < -0.4 is 14.8 Å². The fourth-order valence-electron chi connectivity index (χ4n) is 1.48. The van der Waals surface area contributed by atoms with Gasteiger partial charge in [-0.1, -0.05) is 0 Å². The van der Waals surface area contributed by atoms with Crippen LogP contribution in [0, 0.1) is 0 Å². The minimum Gasteiger partial charge on any atom is -0.493 e. The Balaban J connectivity index is 2.54. The van der Waals surface area contributed by atoms with E-state index in [1.807, 2.05) is 18.2 Å². The molecule has 0 atom stereocenters. The molecule has 0 aromatic heterocycles. The highest BCUT2D eigenvalue weighted by molar-refractivity contribution is 5.42. The van der Waals surface area contributed by atoms with Crippen LogP contribution in [-0.4, -0.2) is 34.5 Å². The number of benzene rings is 1. The Hall–Kier alpha value is -1.26. The number of hydrogen-bond donors (Lipinski definition) is 1. The van der Waals surface area contributed by atoms with Crippen LogP contribution in [0.25, 0.3) is 0 Å². The van der Waals surface area contributed by atoms with E-state index >= 15 is 0 Å². The smallest absolute Gasteiger partial charge is 0.161 e. The van der Waals surface area contributed by atoms with Crippen LogP contribution in [0.5, 0.6) is 11.5 Å². The molecule has 2 N–H and O–H groups in total. The second-order valence-electron chi connectivity index (χ2n) is 3.46. The normalized spacial score (nSPS) is 10.2. The van der Waals surface area contributed by atoms with Gasteiger partial charge in [-0.2, -0.15) is 0 Å². The topological polar surface area (TPSA) is 44.3 Å². The van der Waals surface area contributed by atoms with Crippen molar-refractivity contribution in [2.24, 2.45) is 0 Å². The standard InChI is InChI=1S/C12H19NO3/c1-14-7-6-13-9-10-4-5-11(15-2)12(8-10)16-3/h4-5,8,13H,6-7,9H2,1-3H3/p+1. The molecule has 0 heterocycles. The van der Waals surface area contributed by atoms with Gasteiger partial charge in [-0.05, 0) is 18.2 Å². The van der Waals surface area contributed by atoms with Crippen LogP contribution in [0.1, 0.15) is 5.56 Å². The largest absolute Gasteiger partial charge is 0.493 e. The molecule has 0 radical (unpaired) electrons. The summed E-state index contributed by atoms with van der Waals surface area (Å²) in [6.45, 7) is 2.65. The third kappa shape index (κ3) is 3.72. The highest BCUT2D eigenvalue weighted by Gasteiger charge is 2.05.